The van der Waals surface area contributed by atoms with E-state index in [1.54, 1.807) is 18.2 Å². The minimum atomic E-state index is -3.23. The maximum absolute atomic E-state index is 16.1. The molecule has 0 radical (unpaired) electrons. The standard InChI is InChI=1S/C37H48F2N4O3S/c1-3-35-40-18-21-42(35)26-37(28-6-4-7-29(38)22-28,33-8-5-9-34(33)46-2)27-16-19-41(20-17-27)23-36(39)24-43(25-36)30-10-12-31(13-11-30)47(44,45)32-14-15-32/h4,6-7,10-13,18,21-22,27,32-34H,3,5,8-9,14-17,19-20,23-26H2,1-2H3/t33-,34-,37?/m0/s1. The molecule has 4 fully saturated rings. The Hall–Kier alpha value is -2.82. The van der Waals surface area contributed by atoms with Crippen molar-refractivity contribution in [2.75, 3.05) is 44.7 Å². The number of anilines is 1. The second-order valence-corrected chi connectivity index (χ2v) is 16.7. The van der Waals surface area contributed by atoms with Gasteiger partial charge in [0, 0.05) is 50.1 Å². The van der Waals surface area contributed by atoms with Gasteiger partial charge in [-0.2, -0.15) is 0 Å². The Bertz CT molecular complexity index is 1650. The molecule has 47 heavy (non-hydrogen) atoms. The number of methoxy groups -OCH3 is 1. The minimum absolute atomic E-state index is 0.0999. The molecule has 1 unspecified atom stereocenters. The van der Waals surface area contributed by atoms with Crippen molar-refractivity contribution in [1.82, 2.24) is 14.5 Å². The molecule has 2 aromatic carbocycles. The highest BCUT2D eigenvalue weighted by Gasteiger charge is 2.53. The number of aryl methyl sites for hydroxylation is 1. The highest BCUT2D eigenvalue weighted by atomic mass is 32.2. The van der Waals surface area contributed by atoms with Crippen molar-refractivity contribution < 1.29 is 21.9 Å². The lowest BCUT2D eigenvalue weighted by Gasteiger charge is -2.52. The topological polar surface area (TPSA) is 67.7 Å². The number of hydrogen-bond donors (Lipinski definition) is 0. The molecule has 2 saturated heterocycles. The third kappa shape index (κ3) is 6.26. The van der Waals surface area contributed by atoms with Crippen LogP contribution in [0, 0.1) is 17.7 Å². The van der Waals surface area contributed by atoms with Gasteiger partial charge in [-0.05, 0) is 105 Å². The summed E-state index contributed by atoms with van der Waals surface area (Å²) in [5.41, 5.74) is 0.232. The van der Waals surface area contributed by atoms with Gasteiger partial charge in [-0.15, -0.1) is 0 Å². The lowest BCUT2D eigenvalue weighted by atomic mass is 9.58. The fourth-order valence-corrected chi connectivity index (χ4v) is 10.7. The van der Waals surface area contributed by atoms with Crippen LogP contribution >= 0.6 is 0 Å². The van der Waals surface area contributed by atoms with E-state index < -0.39 is 15.5 Å². The Morgan fingerprint density at radius 3 is 2.43 bits per heavy atom. The smallest absolute Gasteiger partial charge is 0.181 e. The SMILES string of the molecule is CCc1nccn1CC(c1cccc(F)c1)(C1CCN(CC2(F)CN(c3ccc(S(=O)(=O)C4CC4)cc3)C2)CC1)[C@H]1CCC[C@@H]1OC. The van der Waals surface area contributed by atoms with Crippen LogP contribution in [0.1, 0.15) is 63.3 Å². The van der Waals surface area contributed by atoms with Crippen LogP contribution in [0.2, 0.25) is 0 Å². The molecule has 254 valence electrons. The van der Waals surface area contributed by atoms with Crippen molar-refractivity contribution in [3.8, 4) is 0 Å². The number of sulfone groups is 1. The van der Waals surface area contributed by atoms with Gasteiger partial charge in [-0.1, -0.05) is 25.5 Å². The average Bonchev–Trinajstić information content (AvgIpc) is 3.66. The van der Waals surface area contributed by atoms with Gasteiger partial charge in [0.2, 0.25) is 0 Å². The molecule has 2 aliphatic carbocycles. The molecule has 3 atom stereocenters. The van der Waals surface area contributed by atoms with Crippen LogP contribution < -0.4 is 4.90 Å². The first-order valence-corrected chi connectivity index (χ1v) is 19.0. The average molecular weight is 667 g/mol. The van der Waals surface area contributed by atoms with Crippen molar-refractivity contribution >= 4 is 15.5 Å². The summed E-state index contributed by atoms with van der Waals surface area (Å²) in [5, 5.41) is -0.238. The van der Waals surface area contributed by atoms with Crippen molar-refractivity contribution in [3.05, 3.63) is 78.1 Å². The molecule has 10 heteroatoms. The molecule has 1 aromatic heterocycles. The van der Waals surface area contributed by atoms with Crippen molar-refractivity contribution in [2.45, 2.75) is 92.2 Å². The summed E-state index contributed by atoms with van der Waals surface area (Å²) >= 11 is 0. The zero-order valence-corrected chi connectivity index (χ0v) is 28.5. The second kappa shape index (κ2) is 12.9. The van der Waals surface area contributed by atoms with Gasteiger partial charge in [-0.25, -0.2) is 22.2 Å². The molecule has 0 amide bonds. The Morgan fingerprint density at radius 1 is 1.02 bits per heavy atom. The number of piperidine rings is 1. The van der Waals surface area contributed by atoms with Crippen LogP contribution in [0.4, 0.5) is 14.5 Å². The summed E-state index contributed by atoms with van der Waals surface area (Å²) in [6.45, 7) is 5.39. The van der Waals surface area contributed by atoms with E-state index >= 15 is 4.39 Å². The largest absolute Gasteiger partial charge is 0.381 e. The molecular formula is C37H48F2N4O3S. The van der Waals surface area contributed by atoms with Gasteiger partial charge < -0.3 is 14.2 Å². The third-order valence-corrected chi connectivity index (χ3v) is 13.9. The van der Waals surface area contributed by atoms with Crippen LogP contribution in [0.25, 0.3) is 0 Å². The van der Waals surface area contributed by atoms with Gasteiger partial charge in [0.05, 0.1) is 29.3 Å². The summed E-state index contributed by atoms with van der Waals surface area (Å²) in [7, 11) is -1.42. The zero-order valence-electron chi connectivity index (χ0n) is 27.7. The molecule has 2 saturated carbocycles. The monoisotopic (exact) mass is 666 g/mol. The van der Waals surface area contributed by atoms with Crippen LogP contribution in [-0.2, 0) is 33.0 Å². The lowest BCUT2D eigenvalue weighted by molar-refractivity contribution is -0.0160. The summed E-state index contributed by atoms with van der Waals surface area (Å²) in [4.78, 5) is 9.27. The van der Waals surface area contributed by atoms with E-state index in [1.807, 2.05) is 36.4 Å². The predicted molar refractivity (Wildman–Crippen MR) is 180 cm³/mol. The van der Waals surface area contributed by atoms with Crippen molar-refractivity contribution in [2.24, 2.45) is 11.8 Å². The minimum Gasteiger partial charge on any atom is -0.381 e. The van der Waals surface area contributed by atoms with E-state index in [4.69, 9.17) is 4.74 Å². The van der Waals surface area contributed by atoms with Crippen LogP contribution in [-0.4, -0.2) is 79.7 Å². The van der Waals surface area contributed by atoms with Crippen LogP contribution in [0.3, 0.4) is 0 Å². The maximum atomic E-state index is 16.1. The summed E-state index contributed by atoms with van der Waals surface area (Å²) in [6, 6.07) is 14.2. The molecule has 0 spiro atoms. The number of hydrogen-bond acceptors (Lipinski definition) is 6. The third-order valence-electron chi connectivity index (χ3n) is 11.6. The zero-order chi connectivity index (χ0) is 32.8. The van der Waals surface area contributed by atoms with E-state index in [-0.39, 0.29) is 34.4 Å². The van der Waals surface area contributed by atoms with E-state index in [0.29, 0.717) is 24.5 Å². The summed E-state index contributed by atoms with van der Waals surface area (Å²) in [5.74, 6) is 1.32. The number of alkyl halides is 1. The van der Waals surface area contributed by atoms with Gasteiger partial charge in [0.1, 0.15) is 11.6 Å². The summed E-state index contributed by atoms with van der Waals surface area (Å²) < 4.78 is 64.6. The Balaban J connectivity index is 1.07. The first-order chi connectivity index (χ1) is 22.6. The number of rotatable bonds is 12. The number of imidazole rings is 1. The molecule has 3 heterocycles. The normalized spacial score (nSPS) is 25.1. The van der Waals surface area contributed by atoms with E-state index in [0.717, 1.165) is 88.1 Å². The van der Waals surface area contributed by atoms with Crippen molar-refractivity contribution in [1.29, 1.82) is 0 Å². The number of halogens is 2. The molecule has 7 rings (SSSR count). The summed E-state index contributed by atoms with van der Waals surface area (Å²) in [6.07, 6.45) is 11.2. The second-order valence-electron chi connectivity index (χ2n) is 14.5. The van der Waals surface area contributed by atoms with E-state index in [1.165, 1.54) is 6.07 Å². The predicted octanol–water partition coefficient (Wildman–Crippen LogP) is 6.21. The highest BCUT2D eigenvalue weighted by Crippen LogP contribution is 2.52. The molecule has 7 nitrogen and oxygen atoms in total. The first-order valence-electron chi connectivity index (χ1n) is 17.4. The Kier molecular flexibility index (Phi) is 8.98. The first kappa shape index (κ1) is 32.7. The lowest BCUT2D eigenvalue weighted by Crippen LogP contribution is -2.64. The number of aromatic nitrogens is 2. The van der Waals surface area contributed by atoms with Crippen LogP contribution in [0.5, 0.6) is 0 Å². The number of likely N-dealkylation sites (tertiary alicyclic amines) is 1. The van der Waals surface area contributed by atoms with Gasteiger partial charge >= 0.3 is 0 Å². The van der Waals surface area contributed by atoms with E-state index in [2.05, 4.69) is 33.6 Å². The quantitative estimate of drug-likeness (QED) is 0.229. The molecule has 3 aromatic rings. The van der Waals surface area contributed by atoms with Gasteiger partial charge in [0.15, 0.2) is 15.5 Å². The number of nitrogens with zero attached hydrogens (tertiary/aromatic N) is 4. The molecular weight excluding hydrogens is 618 g/mol. The maximum Gasteiger partial charge on any atom is 0.181 e. The van der Waals surface area contributed by atoms with E-state index in [9.17, 15) is 12.8 Å². The van der Waals surface area contributed by atoms with Gasteiger partial charge in [0.25, 0.3) is 0 Å². The number of benzene rings is 2. The van der Waals surface area contributed by atoms with Gasteiger partial charge in [-0.3, -0.25) is 4.90 Å². The highest BCUT2D eigenvalue weighted by molar-refractivity contribution is 7.92. The Morgan fingerprint density at radius 2 is 1.77 bits per heavy atom. The fraction of sp³-hybridized carbons (Fsp3) is 0.595. The van der Waals surface area contributed by atoms with Crippen LogP contribution in [0.15, 0.2) is 65.8 Å². The number of ether oxygens (including phenoxy) is 1. The van der Waals surface area contributed by atoms with Crippen molar-refractivity contribution in [3.63, 3.8) is 0 Å². The molecule has 2 aliphatic heterocycles. The molecule has 0 bridgehead atoms. The molecule has 0 N–H and O–H groups in total. The molecule has 4 aliphatic rings. The fourth-order valence-electron chi connectivity index (χ4n) is 9.09. The Labute approximate surface area is 278 Å².